The summed E-state index contributed by atoms with van der Waals surface area (Å²) in [7, 11) is -4.75. The van der Waals surface area contributed by atoms with E-state index in [0.717, 1.165) is 43.9 Å². The van der Waals surface area contributed by atoms with Crippen LogP contribution < -0.4 is 10.2 Å². The van der Waals surface area contributed by atoms with Gasteiger partial charge in [0.15, 0.2) is 5.82 Å². The van der Waals surface area contributed by atoms with Crippen molar-refractivity contribution in [3.05, 3.63) is 48.2 Å². The number of piperidine rings is 1. The monoisotopic (exact) mass is 364 g/mol. The molecule has 1 aliphatic rings. The molecule has 0 saturated carbocycles. The minimum Gasteiger partial charge on any atom is -0.355 e. The summed E-state index contributed by atoms with van der Waals surface area (Å²) in [6.07, 6.45) is 3.15. The molecule has 9 heteroatoms. The molecule has 1 saturated heterocycles. The number of anilines is 1. The third-order valence-electron chi connectivity index (χ3n) is 4.11. The van der Waals surface area contributed by atoms with Crippen LogP contribution in [-0.4, -0.2) is 43.7 Å². The normalized spacial score (nSPS) is 15.8. The topological polar surface area (TPSA) is 92.3 Å². The molecular formula is C16H17FN4O3S. The molecule has 0 unspecified atom stereocenters. The Bertz CT molecular complexity index is 835. The van der Waals surface area contributed by atoms with Gasteiger partial charge in [0.1, 0.15) is 0 Å². The molecule has 1 fully saturated rings. The maximum Gasteiger partial charge on any atom is 0.332 e. The number of rotatable bonds is 4. The van der Waals surface area contributed by atoms with Crippen LogP contribution in [0.4, 0.5) is 9.70 Å². The predicted molar refractivity (Wildman–Crippen MR) is 89.5 cm³/mol. The Morgan fingerprint density at radius 1 is 1.16 bits per heavy atom. The largest absolute Gasteiger partial charge is 0.355 e. The third-order valence-corrected chi connectivity index (χ3v) is 4.95. The molecule has 0 atom stereocenters. The van der Waals surface area contributed by atoms with Gasteiger partial charge < -0.3 is 10.2 Å². The first-order chi connectivity index (χ1) is 11.9. The van der Waals surface area contributed by atoms with Gasteiger partial charge in [-0.3, -0.25) is 4.79 Å². The van der Waals surface area contributed by atoms with Crippen molar-refractivity contribution in [2.45, 2.75) is 23.8 Å². The van der Waals surface area contributed by atoms with Crippen molar-refractivity contribution in [2.24, 2.45) is 0 Å². The van der Waals surface area contributed by atoms with Crippen molar-refractivity contribution >= 4 is 21.9 Å². The standard InChI is InChI=1S/C16H17FN4O3S/c17-25(23,24)14-5-3-12(4-6-14)16(22)19-13-7-10-21(11-8-13)15-2-1-9-18-20-15/h1-6,9,13H,7-8,10-11H2,(H,19,22). The lowest BCUT2D eigenvalue weighted by Crippen LogP contribution is -2.45. The third kappa shape index (κ3) is 4.30. The van der Waals surface area contributed by atoms with Crippen LogP contribution in [0.25, 0.3) is 0 Å². The average molecular weight is 364 g/mol. The SMILES string of the molecule is O=C(NC1CCN(c2cccnn2)CC1)c1ccc(S(=O)(=O)F)cc1. The number of carbonyl (C=O) groups is 1. The first-order valence-corrected chi connectivity index (χ1v) is 9.20. The minimum absolute atomic E-state index is 0.0185. The van der Waals surface area contributed by atoms with E-state index in [9.17, 15) is 17.1 Å². The zero-order valence-corrected chi connectivity index (χ0v) is 14.1. The van der Waals surface area contributed by atoms with E-state index in [1.165, 1.54) is 12.1 Å². The van der Waals surface area contributed by atoms with Gasteiger partial charge in [0.2, 0.25) is 0 Å². The van der Waals surface area contributed by atoms with Gasteiger partial charge in [0.25, 0.3) is 5.91 Å². The van der Waals surface area contributed by atoms with Gasteiger partial charge in [-0.1, -0.05) is 0 Å². The van der Waals surface area contributed by atoms with Crippen molar-refractivity contribution < 1.29 is 17.1 Å². The molecule has 0 radical (unpaired) electrons. The Morgan fingerprint density at radius 2 is 1.84 bits per heavy atom. The van der Waals surface area contributed by atoms with Crippen molar-refractivity contribution in [1.82, 2.24) is 15.5 Å². The molecule has 0 aliphatic carbocycles. The lowest BCUT2D eigenvalue weighted by atomic mass is 10.0. The van der Waals surface area contributed by atoms with Gasteiger partial charge in [0, 0.05) is 30.9 Å². The maximum atomic E-state index is 12.9. The number of carbonyl (C=O) groups excluding carboxylic acids is 1. The lowest BCUT2D eigenvalue weighted by Gasteiger charge is -2.32. The summed E-state index contributed by atoms with van der Waals surface area (Å²) in [5.41, 5.74) is 0.295. The fourth-order valence-electron chi connectivity index (χ4n) is 2.75. The second-order valence-corrected chi connectivity index (χ2v) is 7.13. The Balaban J connectivity index is 1.56. The van der Waals surface area contributed by atoms with Gasteiger partial charge in [0.05, 0.1) is 4.90 Å². The van der Waals surface area contributed by atoms with Crippen LogP contribution in [0.5, 0.6) is 0 Å². The molecule has 2 aromatic rings. The van der Waals surface area contributed by atoms with E-state index >= 15 is 0 Å². The molecule has 1 aromatic heterocycles. The lowest BCUT2D eigenvalue weighted by molar-refractivity contribution is 0.0931. The van der Waals surface area contributed by atoms with E-state index < -0.39 is 15.1 Å². The van der Waals surface area contributed by atoms with E-state index in [2.05, 4.69) is 20.4 Å². The quantitative estimate of drug-likeness (QED) is 0.827. The fourth-order valence-corrected chi connectivity index (χ4v) is 3.21. The molecule has 0 spiro atoms. The summed E-state index contributed by atoms with van der Waals surface area (Å²) in [6.45, 7) is 1.51. The van der Waals surface area contributed by atoms with Crippen molar-refractivity contribution in [3.8, 4) is 0 Å². The number of hydrogen-bond acceptors (Lipinski definition) is 6. The van der Waals surface area contributed by atoms with E-state index in [-0.39, 0.29) is 11.9 Å². The Morgan fingerprint density at radius 3 is 2.40 bits per heavy atom. The second-order valence-electron chi connectivity index (χ2n) is 5.78. The number of amides is 1. The van der Waals surface area contributed by atoms with E-state index in [1.807, 2.05) is 12.1 Å². The Labute approximate surface area is 145 Å². The first kappa shape index (κ1) is 17.3. The van der Waals surface area contributed by atoms with Crippen LogP contribution in [0.2, 0.25) is 0 Å². The maximum absolute atomic E-state index is 12.9. The fraction of sp³-hybridized carbons (Fsp3) is 0.312. The van der Waals surface area contributed by atoms with Crippen LogP contribution in [0, 0.1) is 0 Å². The highest BCUT2D eigenvalue weighted by molar-refractivity contribution is 7.86. The van der Waals surface area contributed by atoms with Crippen LogP contribution in [0.15, 0.2) is 47.5 Å². The van der Waals surface area contributed by atoms with Gasteiger partial charge >= 0.3 is 10.2 Å². The minimum atomic E-state index is -4.75. The Hall–Kier alpha value is -2.55. The van der Waals surface area contributed by atoms with Gasteiger partial charge in [-0.15, -0.1) is 8.98 Å². The molecule has 1 aliphatic heterocycles. The molecule has 3 rings (SSSR count). The summed E-state index contributed by atoms with van der Waals surface area (Å²) >= 11 is 0. The number of hydrogen-bond donors (Lipinski definition) is 1. The number of aromatic nitrogens is 2. The van der Waals surface area contributed by atoms with Crippen LogP contribution in [-0.2, 0) is 10.2 Å². The van der Waals surface area contributed by atoms with Gasteiger partial charge in [-0.05, 0) is 49.2 Å². The summed E-state index contributed by atoms with van der Waals surface area (Å²) in [6, 6.07) is 8.52. The average Bonchev–Trinajstić information content (AvgIpc) is 2.62. The van der Waals surface area contributed by atoms with Gasteiger partial charge in [-0.2, -0.15) is 13.5 Å². The smallest absolute Gasteiger partial charge is 0.332 e. The summed E-state index contributed by atoms with van der Waals surface area (Å²) in [5, 5.41) is 10.9. The summed E-state index contributed by atoms with van der Waals surface area (Å²) < 4.78 is 34.5. The van der Waals surface area contributed by atoms with E-state index in [1.54, 1.807) is 6.20 Å². The Kier molecular flexibility index (Phi) is 4.93. The molecule has 0 bridgehead atoms. The molecule has 7 nitrogen and oxygen atoms in total. The van der Waals surface area contributed by atoms with Crippen LogP contribution in [0.3, 0.4) is 0 Å². The molecule has 1 amide bonds. The highest BCUT2D eigenvalue weighted by Gasteiger charge is 2.22. The van der Waals surface area contributed by atoms with Crippen LogP contribution in [0.1, 0.15) is 23.2 Å². The van der Waals surface area contributed by atoms with Crippen molar-refractivity contribution in [2.75, 3.05) is 18.0 Å². The number of nitrogens with one attached hydrogen (secondary N) is 1. The first-order valence-electron chi connectivity index (χ1n) is 7.82. The number of nitrogens with zero attached hydrogens (tertiary/aromatic N) is 3. The highest BCUT2D eigenvalue weighted by atomic mass is 32.3. The van der Waals surface area contributed by atoms with E-state index in [4.69, 9.17) is 0 Å². The summed E-state index contributed by atoms with van der Waals surface area (Å²) in [4.78, 5) is 13.9. The molecular weight excluding hydrogens is 347 g/mol. The zero-order valence-electron chi connectivity index (χ0n) is 13.3. The summed E-state index contributed by atoms with van der Waals surface area (Å²) in [5.74, 6) is 0.510. The van der Waals surface area contributed by atoms with Crippen molar-refractivity contribution in [3.63, 3.8) is 0 Å². The molecule has 2 heterocycles. The van der Waals surface area contributed by atoms with Gasteiger partial charge in [-0.25, -0.2) is 0 Å². The predicted octanol–water partition coefficient (Wildman–Crippen LogP) is 1.53. The van der Waals surface area contributed by atoms with Crippen molar-refractivity contribution in [1.29, 1.82) is 0 Å². The number of halogens is 1. The highest BCUT2D eigenvalue weighted by Crippen LogP contribution is 2.18. The number of benzene rings is 1. The van der Waals surface area contributed by atoms with Crippen LogP contribution >= 0.6 is 0 Å². The molecule has 1 N–H and O–H groups in total. The molecule has 132 valence electrons. The second kappa shape index (κ2) is 7.14. The zero-order chi connectivity index (χ0) is 17.9. The van der Waals surface area contributed by atoms with E-state index in [0.29, 0.717) is 5.56 Å². The molecule has 1 aromatic carbocycles. The molecule has 25 heavy (non-hydrogen) atoms.